The molecule has 1 atom stereocenters. The van der Waals surface area contributed by atoms with E-state index < -0.39 is 5.82 Å². The summed E-state index contributed by atoms with van der Waals surface area (Å²) in [7, 11) is 0. The van der Waals surface area contributed by atoms with E-state index >= 15 is 0 Å². The molecule has 1 aromatic carbocycles. The van der Waals surface area contributed by atoms with Gasteiger partial charge >= 0.3 is 0 Å². The van der Waals surface area contributed by atoms with Gasteiger partial charge in [0.1, 0.15) is 5.75 Å². The molecule has 1 heterocycles. The molecule has 0 bridgehead atoms. The number of nitrogens with zero attached hydrogens (tertiary/aromatic N) is 1. The van der Waals surface area contributed by atoms with Gasteiger partial charge in [-0.2, -0.15) is 0 Å². The molecule has 0 aliphatic carbocycles. The number of rotatable bonds is 3. The van der Waals surface area contributed by atoms with Crippen molar-refractivity contribution in [1.82, 2.24) is 4.98 Å². The van der Waals surface area contributed by atoms with E-state index in [1.807, 2.05) is 6.92 Å². The molecule has 0 aliphatic rings. The van der Waals surface area contributed by atoms with Crippen LogP contribution in [-0.4, -0.2) is 4.98 Å². The fourth-order valence-corrected chi connectivity index (χ4v) is 1.57. The Morgan fingerprint density at radius 3 is 2.67 bits per heavy atom. The lowest BCUT2D eigenvalue weighted by Gasteiger charge is -2.08. The van der Waals surface area contributed by atoms with Gasteiger partial charge in [-0.1, -0.05) is 11.6 Å². The van der Waals surface area contributed by atoms with E-state index in [1.165, 1.54) is 18.3 Å². The fourth-order valence-electron chi connectivity index (χ4n) is 1.41. The molecular weight excluding hydrogens is 255 g/mol. The van der Waals surface area contributed by atoms with Gasteiger partial charge in [-0.15, -0.1) is 0 Å². The van der Waals surface area contributed by atoms with Crippen molar-refractivity contribution in [3.8, 4) is 11.5 Å². The third-order valence-electron chi connectivity index (χ3n) is 2.35. The molecule has 0 aliphatic heterocycles. The quantitative estimate of drug-likeness (QED) is 0.922. The van der Waals surface area contributed by atoms with Crippen LogP contribution in [-0.2, 0) is 0 Å². The van der Waals surface area contributed by atoms with Crippen molar-refractivity contribution in [3.05, 3.63) is 53.1 Å². The van der Waals surface area contributed by atoms with Crippen LogP contribution < -0.4 is 10.5 Å². The SMILES string of the molecule is C[C@@H](N)c1ccc(Oc2ccc(Cl)cc2F)cn1. The van der Waals surface area contributed by atoms with Crippen LogP contribution in [0.1, 0.15) is 18.7 Å². The lowest BCUT2D eigenvalue weighted by Crippen LogP contribution is -2.06. The molecule has 2 N–H and O–H groups in total. The topological polar surface area (TPSA) is 48.1 Å². The molecule has 0 unspecified atom stereocenters. The average molecular weight is 267 g/mol. The second-order valence-electron chi connectivity index (χ2n) is 3.88. The third-order valence-corrected chi connectivity index (χ3v) is 2.58. The molecule has 18 heavy (non-hydrogen) atoms. The van der Waals surface area contributed by atoms with Crippen molar-refractivity contribution in [3.63, 3.8) is 0 Å². The first-order chi connectivity index (χ1) is 8.56. The first-order valence-electron chi connectivity index (χ1n) is 5.40. The van der Waals surface area contributed by atoms with Gasteiger partial charge in [0.15, 0.2) is 11.6 Å². The van der Waals surface area contributed by atoms with Crippen LogP contribution in [0.5, 0.6) is 11.5 Å². The zero-order valence-corrected chi connectivity index (χ0v) is 10.5. The van der Waals surface area contributed by atoms with E-state index in [9.17, 15) is 4.39 Å². The van der Waals surface area contributed by atoms with E-state index in [2.05, 4.69) is 4.98 Å². The number of nitrogens with two attached hydrogens (primary N) is 1. The van der Waals surface area contributed by atoms with Crippen molar-refractivity contribution in [2.24, 2.45) is 5.73 Å². The summed E-state index contributed by atoms with van der Waals surface area (Å²) in [5, 5.41) is 0.324. The van der Waals surface area contributed by atoms with Crippen LogP contribution in [0.2, 0.25) is 5.02 Å². The van der Waals surface area contributed by atoms with Crippen LogP contribution >= 0.6 is 11.6 Å². The van der Waals surface area contributed by atoms with Gasteiger partial charge < -0.3 is 10.5 Å². The van der Waals surface area contributed by atoms with E-state index in [1.54, 1.807) is 18.2 Å². The first-order valence-corrected chi connectivity index (χ1v) is 5.78. The van der Waals surface area contributed by atoms with Crippen molar-refractivity contribution in [2.45, 2.75) is 13.0 Å². The highest BCUT2D eigenvalue weighted by Gasteiger charge is 2.06. The van der Waals surface area contributed by atoms with Gasteiger partial charge in [0.05, 0.1) is 11.9 Å². The molecule has 0 saturated carbocycles. The summed E-state index contributed by atoms with van der Waals surface area (Å²) in [6.07, 6.45) is 1.51. The van der Waals surface area contributed by atoms with Gasteiger partial charge in [-0.3, -0.25) is 4.98 Å². The fraction of sp³-hybridized carbons (Fsp3) is 0.154. The molecule has 0 saturated heterocycles. The third kappa shape index (κ3) is 2.97. The zero-order chi connectivity index (χ0) is 13.1. The molecule has 94 valence electrons. The van der Waals surface area contributed by atoms with Crippen LogP contribution in [0, 0.1) is 5.82 Å². The summed E-state index contributed by atoms with van der Waals surface area (Å²) in [4.78, 5) is 4.12. The minimum Gasteiger partial charge on any atom is -0.453 e. The summed E-state index contributed by atoms with van der Waals surface area (Å²) in [5.74, 6) is 0.0362. The summed E-state index contributed by atoms with van der Waals surface area (Å²) in [5.41, 5.74) is 6.43. The molecule has 2 aromatic rings. The molecule has 0 fully saturated rings. The Balaban J connectivity index is 2.18. The Morgan fingerprint density at radius 2 is 2.11 bits per heavy atom. The molecule has 0 spiro atoms. The maximum absolute atomic E-state index is 13.5. The van der Waals surface area contributed by atoms with Gasteiger partial charge in [0.25, 0.3) is 0 Å². The standard InChI is InChI=1S/C13H12ClFN2O/c1-8(16)12-4-3-10(7-17-12)18-13-5-2-9(14)6-11(13)15/h2-8H,16H2,1H3/t8-/m1/s1. The molecule has 0 radical (unpaired) electrons. The minimum atomic E-state index is -0.515. The van der Waals surface area contributed by atoms with Crippen molar-refractivity contribution in [2.75, 3.05) is 0 Å². The number of ether oxygens (including phenoxy) is 1. The lowest BCUT2D eigenvalue weighted by molar-refractivity contribution is 0.440. The number of hydrogen-bond donors (Lipinski definition) is 1. The van der Waals surface area contributed by atoms with E-state index in [4.69, 9.17) is 22.1 Å². The van der Waals surface area contributed by atoms with Crippen LogP contribution in [0.15, 0.2) is 36.5 Å². The molecule has 2 rings (SSSR count). The van der Waals surface area contributed by atoms with E-state index in [0.29, 0.717) is 10.8 Å². The summed E-state index contributed by atoms with van der Waals surface area (Å²) in [6.45, 7) is 1.84. The van der Waals surface area contributed by atoms with E-state index in [-0.39, 0.29) is 11.8 Å². The zero-order valence-electron chi connectivity index (χ0n) is 9.73. The average Bonchev–Trinajstić information content (AvgIpc) is 2.33. The van der Waals surface area contributed by atoms with Crippen LogP contribution in [0.3, 0.4) is 0 Å². The maximum atomic E-state index is 13.5. The number of pyridine rings is 1. The molecule has 5 heteroatoms. The Labute approximate surface area is 109 Å². The summed E-state index contributed by atoms with van der Waals surface area (Å²) < 4.78 is 18.9. The molecule has 1 aromatic heterocycles. The Morgan fingerprint density at radius 1 is 1.33 bits per heavy atom. The lowest BCUT2D eigenvalue weighted by atomic mass is 10.2. The predicted molar refractivity (Wildman–Crippen MR) is 68.3 cm³/mol. The highest BCUT2D eigenvalue weighted by molar-refractivity contribution is 6.30. The second-order valence-corrected chi connectivity index (χ2v) is 4.32. The summed E-state index contributed by atoms with van der Waals surface area (Å²) >= 11 is 5.65. The van der Waals surface area contributed by atoms with E-state index in [0.717, 1.165) is 5.69 Å². The van der Waals surface area contributed by atoms with Gasteiger partial charge in [-0.25, -0.2) is 4.39 Å². The number of aromatic nitrogens is 1. The van der Waals surface area contributed by atoms with Gasteiger partial charge in [0.2, 0.25) is 0 Å². The largest absolute Gasteiger partial charge is 0.453 e. The molecular formula is C13H12ClFN2O. The predicted octanol–water partition coefficient (Wildman–Crippen LogP) is 3.69. The highest BCUT2D eigenvalue weighted by Crippen LogP contribution is 2.26. The monoisotopic (exact) mass is 266 g/mol. The van der Waals surface area contributed by atoms with Crippen LogP contribution in [0.25, 0.3) is 0 Å². The van der Waals surface area contributed by atoms with Crippen LogP contribution in [0.4, 0.5) is 4.39 Å². The second kappa shape index (κ2) is 5.33. The number of hydrogen-bond acceptors (Lipinski definition) is 3. The smallest absolute Gasteiger partial charge is 0.167 e. The van der Waals surface area contributed by atoms with Gasteiger partial charge in [-0.05, 0) is 37.3 Å². The number of halogens is 2. The highest BCUT2D eigenvalue weighted by atomic mass is 35.5. The van der Waals surface area contributed by atoms with Crippen molar-refractivity contribution >= 4 is 11.6 Å². The number of benzene rings is 1. The minimum absolute atomic E-state index is 0.106. The Hall–Kier alpha value is -1.65. The molecule has 0 amide bonds. The normalized spacial score (nSPS) is 12.2. The Bertz CT molecular complexity index is 543. The van der Waals surface area contributed by atoms with Crippen molar-refractivity contribution < 1.29 is 9.13 Å². The maximum Gasteiger partial charge on any atom is 0.167 e. The van der Waals surface area contributed by atoms with Crippen molar-refractivity contribution in [1.29, 1.82) is 0 Å². The first kappa shape index (κ1) is 12.8. The summed E-state index contributed by atoms with van der Waals surface area (Å²) in [6, 6.07) is 7.51. The van der Waals surface area contributed by atoms with Gasteiger partial charge in [0, 0.05) is 11.1 Å². The molecule has 3 nitrogen and oxygen atoms in total. The Kier molecular flexibility index (Phi) is 3.79.